The highest BCUT2D eigenvalue weighted by atomic mass is 14.9. The van der Waals surface area contributed by atoms with Crippen LogP contribution in [0, 0.1) is 5.92 Å². The molecule has 1 nitrogen and oxygen atoms in total. The van der Waals surface area contributed by atoms with E-state index in [9.17, 15) is 0 Å². The minimum atomic E-state index is 0.618. The van der Waals surface area contributed by atoms with Gasteiger partial charge in [-0.15, -0.1) is 0 Å². The normalized spacial score (nSPS) is 18.7. The Kier molecular flexibility index (Phi) is 2.89. The zero-order chi connectivity index (χ0) is 12.4. The summed E-state index contributed by atoms with van der Waals surface area (Å²) in [7, 11) is 0. The predicted molar refractivity (Wildman–Crippen MR) is 78.6 cm³/mol. The first kappa shape index (κ1) is 11.1. The smallest absolute Gasteiger partial charge is 0.0461 e. The van der Waals surface area contributed by atoms with E-state index < -0.39 is 0 Å². The standard InChI is InChI=1S/C17H17N/c1-13-6-4-9-15(12-13)18-17-11-5-8-14-7-2-3-10-16(14)17/h2-11,13,18H,12H2,1H3. The lowest BCUT2D eigenvalue weighted by Crippen LogP contribution is -2.06. The van der Waals surface area contributed by atoms with Crippen molar-refractivity contribution in [1.29, 1.82) is 0 Å². The molecule has 0 fully saturated rings. The van der Waals surface area contributed by atoms with Crippen molar-refractivity contribution in [2.45, 2.75) is 13.3 Å². The molecule has 1 aliphatic rings. The zero-order valence-electron chi connectivity index (χ0n) is 10.6. The van der Waals surface area contributed by atoms with Crippen LogP contribution in [0.2, 0.25) is 0 Å². The zero-order valence-corrected chi connectivity index (χ0v) is 10.6. The summed E-state index contributed by atoms with van der Waals surface area (Å²) in [6.45, 7) is 2.24. The van der Waals surface area contributed by atoms with Gasteiger partial charge in [-0.25, -0.2) is 0 Å². The third-order valence-electron chi connectivity index (χ3n) is 3.36. The Labute approximate surface area is 108 Å². The van der Waals surface area contributed by atoms with Crippen LogP contribution in [-0.4, -0.2) is 0 Å². The Morgan fingerprint density at radius 1 is 1.06 bits per heavy atom. The summed E-state index contributed by atoms with van der Waals surface area (Å²) >= 11 is 0. The highest BCUT2D eigenvalue weighted by Crippen LogP contribution is 2.26. The quantitative estimate of drug-likeness (QED) is 0.793. The summed E-state index contributed by atoms with van der Waals surface area (Å²) in [5.41, 5.74) is 2.49. The van der Waals surface area contributed by atoms with Crippen LogP contribution in [0.5, 0.6) is 0 Å². The Bertz CT molecular complexity index is 617. The minimum Gasteiger partial charge on any atom is -0.358 e. The number of rotatable bonds is 2. The van der Waals surface area contributed by atoms with E-state index in [2.05, 4.69) is 72.9 Å². The molecular formula is C17H17N. The molecule has 1 atom stereocenters. The average Bonchev–Trinajstić information content (AvgIpc) is 2.39. The Hall–Kier alpha value is -2.02. The molecule has 2 aromatic carbocycles. The molecule has 1 unspecified atom stereocenters. The molecule has 0 bridgehead atoms. The second-order valence-electron chi connectivity index (χ2n) is 4.91. The van der Waals surface area contributed by atoms with Gasteiger partial charge in [0.25, 0.3) is 0 Å². The molecule has 3 rings (SSSR count). The Morgan fingerprint density at radius 2 is 1.89 bits per heavy atom. The molecule has 0 amide bonds. The van der Waals surface area contributed by atoms with Crippen molar-refractivity contribution < 1.29 is 0 Å². The van der Waals surface area contributed by atoms with Gasteiger partial charge in [-0.3, -0.25) is 0 Å². The topological polar surface area (TPSA) is 12.0 Å². The Morgan fingerprint density at radius 3 is 2.78 bits per heavy atom. The van der Waals surface area contributed by atoms with Crippen molar-refractivity contribution in [3.05, 3.63) is 66.4 Å². The van der Waals surface area contributed by atoms with Gasteiger partial charge < -0.3 is 5.32 Å². The molecule has 1 N–H and O–H groups in total. The van der Waals surface area contributed by atoms with Crippen molar-refractivity contribution >= 4 is 16.5 Å². The van der Waals surface area contributed by atoms with Gasteiger partial charge in [0.2, 0.25) is 0 Å². The van der Waals surface area contributed by atoms with E-state index in [-0.39, 0.29) is 0 Å². The van der Waals surface area contributed by atoms with Crippen LogP contribution in [0.3, 0.4) is 0 Å². The molecule has 0 heterocycles. The van der Waals surface area contributed by atoms with Crippen molar-refractivity contribution in [2.24, 2.45) is 5.92 Å². The summed E-state index contributed by atoms with van der Waals surface area (Å²) in [6.07, 6.45) is 7.64. The fourth-order valence-corrected chi connectivity index (χ4v) is 2.44. The van der Waals surface area contributed by atoms with E-state index in [1.54, 1.807) is 0 Å². The second kappa shape index (κ2) is 4.69. The SMILES string of the molecule is CC1C=CC=C(Nc2cccc3ccccc23)C1. The van der Waals surface area contributed by atoms with Gasteiger partial charge in [0, 0.05) is 16.8 Å². The van der Waals surface area contributed by atoms with E-state index in [1.165, 1.54) is 22.2 Å². The average molecular weight is 235 g/mol. The molecular weight excluding hydrogens is 218 g/mol. The predicted octanol–water partition coefficient (Wildman–Crippen LogP) is 4.73. The van der Waals surface area contributed by atoms with E-state index in [0.717, 1.165) is 6.42 Å². The molecule has 1 aliphatic carbocycles. The van der Waals surface area contributed by atoms with Crippen LogP contribution in [0.25, 0.3) is 10.8 Å². The van der Waals surface area contributed by atoms with Crippen molar-refractivity contribution in [2.75, 3.05) is 5.32 Å². The number of hydrogen-bond donors (Lipinski definition) is 1. The molecule has 0 radical (unpaired) electrons. The highest BCUT2D eigenvalue weighted by Gasteiger charge is 2.08. The summed E-state index contributed by atoms with van der Waals surface area (Å²) in [5.74, 6) is 0.618. The summed E-state index contributed by atoms with van der Waals surface area (Å²) in [4.78, 5) is 0. The van der Waals surface area contributed by atoms with Gasteiger partial charge in [-0.2, -0.15) is 0 Å². The van der Waals surface area contributed by atoms with Gasteiger partial charge in [0.1, 0.15) is 0 Å². The fraction of sp³-hybridized carbons (Fsp3) is 0.176. The van der Waals surface area contributed by atoms with Crippen LogP contribution < -0.4 is 5.32 Å². The summed E-state index contributed by atoms with van der Waals surface area (Å²) in [5, 5.41) is 6.12. The lowest BCUT2D eigenvalue weighted by Gasteiger charge is -2.17. The monoisotopic (exact) mass is 235 g/mol. The number of allylic oxidation sites excluding steroid dienone is 4. The molecule has 2 aromatic rings. The van der Waals surface area contributed by atoms with E-state index in [0.29, 0.717) is 5.92 Å². The van der Waals surface area contributed by atoms with Gasteiger partial charge in [-0.1, -0.05) is 55.5 Å². The molecule has 90 valence electrons. The maximum atomic E-state index is 3.56. The number of anilines is 1. The molecule has 0 aromatic heterocycles. The molecule has 0 aliphatic heterocycles. The van der Waals surface area contributed by atoms with Crippen LogP contribution in [0.4, 0.5) is 5.69 Å². The number of fused-ring (bicyclic) bond motifs is 1. The van der Waals surface area contributed by atoms with Crippen molar-refractivity contribution in [3.63, 3.8) is 0 Å². The molecule has 0 saturated heterocycles. The van der Waals surface area contributed by atoms with E-state index >= 15 is 0 Å². The highest BCUT2D eigenvalue weighted by molar-refractivity contribution is 5.94. The summed E-state index contributed by atoms with van der Waals surface area (Å²) < 4.78 is 0. The van der Waals surface area contributed by atoms with Gasteiger partial charge in [0.05, 0.1) is 0 Å². The van der Waals surface area contributed by atoms with E-state index in [4.69, 9.17) is 0 Å². The third kappa shape index (κ3) is 2.17. The maximum Gasteiger partial charge on any atom is 0.0461 e. The molecule has 18 heavy (non-hydrogen) atoms. The molecule has 1 heteroatoms. The third-order valence-corrected chi connectivity index (χ3v) is 3.36. The number of benzene rings is 2. The lowest BCUT2D eigenvalue weighted by molar-refractivity contribution is 0.710. The van der Waals surface area contributed by atoms with Crippen LogP contribution in [0.15, 0.2) is 66.4 Å². The van der Waals surface area contributed by atoms with Gasteiger partial charge in [0.15, 0.2) is 0 Å². The van der Waals surface area contributed by atoms with Crippen LogP contribution in [0.1, 0.15) is 13.3 Å². The first-order valence-corrected chi connectivity index (χ1v) is 6.45. The van der Waals surface area contributed by atoms with Crippen LogP contribution >= 0.6 is 0 Å². The van der Waals surface area contributed by atoms with E-state index in [1.807, 2.05) is 0 Å². The van der Waals surface area contributed by atoms with Gasteiger partial charge >= 0.3 is 0 Å². The van der Waals surface area contributed by atoms with Crippen molar-refractivity contribution in [1.82, 2.24) is 0 Å². The van der Waals surface area contributed by atoms with Crippen LogP contribution in [-0.2, 0) is 0 Å². The van der Waals surface area contributed by atoms with Crippen molar-refractivity contribution in [3.8, 4) is 0 Å². The first-order chi connectivity index (χ1) is 8.83. The van der Waals surface area contributed by atoms with Gasteiger partial charge in [-0.05, 0) is 29.9 Å². The second-order valence-corrected chi connectivity index (χ2v) is 4.91. The largest absolute Gasteiger partial charge is 0.358 e. The fourth-order valence-electron chi connectivity index (χ4n) is 2.44. The Balaban J connectivity index is 1.96. The first-order valence-electron chi connectivity index (χ1n) is 6.45. The molecule has 0 spiro atoms. The lowest BCUT2D eigenvalue weighted by atomic mass is 10.00. The maximum absolute atomic E-state index is 3.56. The summed E-state index contributed by atoms with van der Waals surface area (Å²) in [6, 6.07) is 14.9. The molecule has 0 saturated carbocycles. The number of hydrogen-bond acceptors (Lipinski definition) is 1. The minimum absolute atomic E-state index is 0.618. The number of nitrogens with one attached hydrogen (secondary N) is 1.